The van der Waals surface area contributed by atoms with Gasteiger partial charge in [-0.15, -0.1) is 0 Å². The van der Waals surface area contributed by atoms with Crippen molar-refractivity contribution in [2.75, 3.05) is 285 Å². The van der Waals surface area contributed by atoms with Crippen molar-refractivity contribution < 1.29 is 124 Å². The third-order valence-corrected chi connectivity index (χ3v) is 11.8. The van der Waals surface area contributed by atoms with Crippen molar-refractivity contribution in [3.8, 4) is 0 Å². The zero-order chi connectivity index (χ0) is 65.3. The predicted molar refractivity (Wildman–Crippen MR) is 321 cm³/mol. The van der Waals surface area contributed by atoms with Gasteiger partial charge in [-0.05, 0) is 0 Å². The Labute approximate surface area is 530 Å². The van der Waals surface area contributed by atoms with Gasteiger partial charge in [0.1, 0.15) is 5.54 Å². The molecule has 0 saturated heterocycles. The topological polar surface area (TPSA) is 358 Å². The van der Waals surface area contributed by atoms with Crippen molar-refractivity contribution in [3.05, 3.63) is 12.2 Å². The zero-order valence-electron chi connectivity index (χ0n) is 53.5. The number of ether oxygens (including phenoxy) is 19. The second-order valence-corrected chi connectivity index (χ2v) is 19.2. The molecule has 0 bridgehead atoms. The monoisotopic (exact) mass is 1300 g/mol. The first-order chi connectivity index (χ1) is 44.1. The van der Waals surface area contributed by atoms with Crippen LogP contribution < -0.4 is 26.6 Å². The summed E-state index contributed by atoms with van der Waals surface area (Å²) < 4.78 is 104. The third-order valence-electron chi connectivity index (χ3n) is 11.8. The molecule has 524 valence electrons. The fourth-order valence-electron chi connectivity index (χ4n) is 7.14. The molecular formula is C58H106N6O26. The minimum absolute atomic E-state index is 0.00607. The number of carbonyl (C=O) groups excluding carboxylic acids is 7. The lowest BCUT2D eigenvalue weighted by Gasteiger charge is -2.34. The quantitative estimate of drug-likeness (QED) is 0.0308. The van der Waals surface area contributed by atoms with Gasteiger partial charge in [-0.25, -0.2) is 0 Å². The van der Waals surface area contributed by atoms with Crippen LogP contribution in [-0.4, -0.2) is 337 Å². The highest BCUT2D eigenvalue weighted by Gasteiger charge is 2.34. The molecule has 0 aromatic heterocycles. The van der Waals surface area contributed by atoms with Gasteiger partial charge in [-0.3, -0.25) is 38.5 Å². The van der Waals surface area contributed by atoms with E-state index < -0.39 is 23.3 Å². The summed E-state index contributed by atoms with van der Waals surface area (Å²) in [7, 11) is 4.81. The first-order valence-electron chi connectivity index (χ1n) is 30.7. The van der Waals surface area contributed by atoms with Crippen LogP contribution in [0.2, 0.25) is 0 Å². The minimum atomic E-state index is -1.35. The molecule has 7 amide bonds. The normalized spacial score (nSPS) is 12.3. The van der Waals surface area contributed by atoms with Crippen LogP contribution in [0.5, 0.6) is 0 Å². The van der Waals surface area contributed by atoms with Gasteiger partial charge in [0.2, 0.25) is 29.5 Å². The Bertz CT molecular complexity index is 1680. The smallest absolute Gasteiger partial charge is 0.253 e. The van der Waals surface area contributed by atoms with E-state index in [0.717, 1.165) is 4.90 Å². The first-order valence-corrected chi connectivity index (χ1v) is 30.7. The average molecular weight is 1300 g/mol. The van der Waals surface area contributed by atoms with Gasteiger partial charge in [0, 0.05) is 98.3 Å². The molecule has 0 aromatic carbocycles. The number of carbonyl (C=O) groups is 7. The Morgan fingerprint density at radius 1 is 0.300 bits per heavy atom. The van der Waals surface area contributed by atoms with Crippen LogP contribution in [0.4, 0.5) is 0 Å². The van der Waals surface area contributed by atoms with Gasteiger partial charge in [-0.2, -0.15) is 0 Å². The molecular weight excluding hydrogens is 1200 g/mol. The summed E-state index contributed by atoms with van der Waals surface area (Å²) in [6.45, 7) is 10.7. The molecule has 0 aromatic rings. The van der Waals surface area contributed by atoms with E-state index in [1.54, 1.807) is 21.3 Å². The molecule has 5 N–H and O–H groups in total. The van der Waals surface area contributed by atoms with Crippen LogP contribution in [0.1, 0.15) is 32.1 Å². The van der Waals surface area contributed by atoms with Crippen molar-refractivity contribution in [1.29, 1.82) is 0 Å². The summed E-state index contributed by atoms with van der Waals surface area (Å²) in [5.74, 6) is -2.50. The fraction of sp³-hybridized carbons (Fsp3) is 0.845. The summed E-state index contributed by atoms with van der Waals surface area (Å²) in [5.41, 5.74) is -1.35. The van der Waals surface area contributed by atoms with Crippen LogP contribution in [0.3, 0.4) is 0 Å². The molecule has 0 unspecified atom stereocenters. The largest absolute Gasteiger partial charge is 0.382 e. The molecule has 1 rings (SSSR count). The number of hydrogen-bond donors (Lipinski definition) is 5. The maximum atomic E-state index is 13.7. The molecule has 0 spiro atoms. The number of nitrogens with one attached hydrogen (secondary N) is 5. The van der Waals surface area contributed by atoms with Crippen LogP contribution in [0, 0.1) is 0 Å². The number of amides is 7. The van der Waals surface area contributed by atoms with Gasteiger partial charge in [0.25, 0.3) is 11.8 Å². The van der Waals surface area contributed by atoms with Crippen LogP contribution in [0.25, 0.3) is 0 Å². The van der Waals surface area contributed by atoms with E-state index in [0.29, 0.717) is 126 Å². The van der Waals surface area contributed by atoms with E-state index in [1.165, 1.54) is 12.2 Å². The maximum absolute atomic E-state index is 13.7. The molecule has 0 fully saturated rings. The number of hydrogen-bond acceptors (Lipinski definition) is 26. The van der Waals surface area contributed by atoms with Gasteiger partial charge < -0.3 is 117 Å². The van der Waals surface area contributed by atoms with Gasteiger partial charge in [0.15, 0.2) is 0 Å². The van der Waals surface area contributed by atoms with E-state index in [2.05, 4.69) is 26.6 Å². The summed E-state index contributed by atoms with van der Waals surface area (Å²) in [4.78, 5) is 88.2. The highest BCUT2D eigenvalue weighted by atomic mass is 16.6. The van der Waals surface area contributed by atoms with E-state index in [4.69, 9.17) is 90.0 Å². The SMILES string of the molecule is COCCOCCOCCOCCNC(=O)CCOCC(COCCC(=O)NCCOCCOCCOCCOC)(COCCC(=O)NCCOCCOCCOCCOC)NC(=O)CCOCCOCCOCCOCCNC(=O)CCN1C(=O)C=CC1=O. The van der Waals surface area contributed by atoms with Crippen LogP contribution >= 0.6 is 0 Å². The summed E-state index contributed by atoms with van der Waals surface area (Å²) in [6.07, 6.45) is 2.20. The Morgan fingerprint density at radius 2 is 0.522 bits per heavy atom. The van der Waals surface area contributed by atoms with Gasteiger partial charge >= 0.3 is 0 Å². The molecule has 32 nitrogen and oxygen atoms in total. The first kappa shape index (κ1) is 83.5. The standard InChI is InChI=1S/C58H106N6O26/c1-72-24-27-80-40-43-84-36-32-77-21-12-60-52(66)7-17-88-48-58(49-89-18-8-53(67)61-13-22-78-33-37-85-44-41-81-28-25-73-2,50-90-19-9-54(68)62-14-23-79-34-38-86-45-42-82-29-26-74-3)63-55(69)10-16-75-30-35-83-46-47-87-39-31-76-20-11-59-51(65)6-15-64-56(70)4-5-57(64)71/h4-5H,6-50H2,1-3H3,(H,59,65)(H,60,66)(H,61,67)(H,62,68)(H,63,69). The molecule has 1 aliphatic heterocycles. The molecule has 0 saturated carbocycles. The molecule has 0 radical (unpaired) electrons. The second-order valence-electron chi connectivity index (χ2n) is 19.2. The second kappa shape index (κ2) is 63.2. The number of nitrogens with zero attached hydrogens (tertiary/aromatic N) is 1. The van der Waals surface area contributed by atoms with E-state index in [9.17, 15) is 33.6 Å². The lowest BCUT2D eigenvalue weighted by atomic mass is 10.0. The lowest BCUT2D eigenvalue weighted by Crippen LogP contribution is -2.59. The maximum Gasteiger partial charge on any atom is 0.253 e. The molecule has 90 heavy (non-hydrogen) atoms. The molecule has 32 heteroatoms. The van der Waals surface area contributed by atoms with Crippen molar-refractivity contribution >= 4 is 41.4 Å². The molecule has 1 aliphatic rings. The Kier molecular flexibility index (Phi) is 58.7. The summed E-state index contributed by atoms with van der Waals surface area (Å²) >= 11 is 0. The van der Waals surface area contributed by atoms with E-state index in [1.807, 2.05) is 0 Å². The highest BCUT2D eigenvalue weighted by molar-refractivity contribution is 6.13. The molecule has 0 aliphatic carbocycles. The van der Waals surface area contributed by atoms with Crippen molar-refractivity contribution in [1.82, 2.24) is 31.5 Å². The fourth-order valence-corrected chi connectivity index (χ4v) is 7.14. The van der Waals surface area contributed by atoms with Crippen molar-refractivity contribution in [2.24, 2.45) is 0 Å². The minimum Gasteiger partial charge on any atom is -0.382 e. The van der Waals surface area contributed by atoms with Gasteiger partial charge in [-0.1, -0.05) is 0 Å². The van der Waals surface area contributed by atoms with Crippen molar-refractivity contribution in [3.63, 3.8) is 0 Å². The van der Waals surface area contributed by atoms with Gasteiger partial charge in [0.05, 0.1) is 231 Å². The Morgan fingerprint density at radius 3 is 0.800 bits per heavy atom. The van der Waals surface area contributed by atoms with E-state index in [-0.39, 0.29) is 194 Å². The lowest BCUT2D eigenvalue weighted by molar-refractivity contribution is -0.137. The molecule has 0 atom stereocenters. The number of rotatable bonds is 70. The summed E-state index contributed by atoms with van der Waals surface area (Å²) in [5, 5.41) is 14.0. The van der Waals surface area contributed by atoms with Crippen LogP contribution in [0.15, 0.2) is 12.2 Å². The average Bonchev–Trinajstić information content (AvgIpc) is 2.82. The number of methoxy groups -OCH3 is 3. The zero-order valence-corrected chi connectivity index (χ0v) is 53.5. The van der Waals surface area contributed by atoms with Crippen molar-refractivity contribution in [2.45, 2.75) is 37.6 Å². The highest BCUT2D eigenvalue weighted by Crippen LogP contribution is 2.12. The number of imide groups is 1. The predicted octanol–water partition coefficient (Wildman–Crippen LogP) is -2.61. The molecule has 1 heterocycles. The Hall–Kier alpha value is -4.53. The Balaban J connectivity index is 2.73. The van der Waals surface area contributed by atoms with E-state index >= 15 is 0 Å². The third kappa shape index (κ3) is 54.1. The van der Waals surface area contributed by atoms with Crippen LogP contribution in [-0.2, 0) is 124 Å². The summed E-state index contributed by atoms with van der Waals surface area (Å²) in [6, 6.07) is 0.